The lowest BCUT2D eigenvalue weighted by Crippen LogP contribution is -2.42. The summed E-state index contributed by atoms with van der Waals surface area (Å²) in [6, 6.07) is 9.48. The minimum absolute atomic E-state index is 0.214. The Hall–Kier alpha value is -3.04. The summed E-state index contributed by atoms with van der Waals surface area (Å²) >= 11 is 2.97. The van der Waals surface area contributed by atoms with Crippen LogP contribution in [0.25, 0.3) is 15.4 Å². The number of carbonyl (C=O) groups is 2. The van der Waals surface area contributed by atoms with Crippen molar-refractivity contribution in [1.29, 1.82) is 0 Å². The van der Waals surface area contributed by atoms with Gasteiger partial charge in [0.05, 0.1) is 15.6 Å². The number of amides is 2. The van der Waals surface area contributed by atoms with Crippen molar-refractivity contribution < 1.29 is 9.59 Å². The molecule has 3 heterocycles. The smallest absolute Gasteiger partial charge is 0.271 e. The van der Waals surface area contributed by atoms with Crippen LogP contribution in [0, 0.1) is 13.8 Å². The quantitative estimate of drug-likeness (QED) is 0.480. The molecule has 2 amide bonds. The minimum Gasteiger partial charge on any atom is -0.349 e. The van der Waals surface area contributed by atoms with Crippen molar-refractivity contribution >= 4 is 39.4 Å². The molecule has 0 bridgehead atoms. The number of hydrogen-bond donors (Lipinski definition) is 2. The van der Waals surface area contributed by atoms with E-state index in [0.29, 0.717) is 23.6 Å². The molecule has 3 aromatic heterocycles. The summed E-state index contributed by atoms with van der Waals surface area (Å²) in [5, 5.41) is 8.55. The molecule has 0 fully saturated rings. The van der Waals surface area contributed by atoms with Gasteiger partial charge in [0.1, 0.15) is 11.4 Å². The molecule has 0 radical (unpaired) electrons. The molecule has 4 rings (SSSR count). The standard InChI is InChI=1S/C21H21N5O2S2/c1-12(11-22-20(28)17-13(2)24-21-26(17)9-10-29-21)23-19(27)16-18(30-14(3)25-16)15-7-5-4-6-8-15/h4-10,12H,11H2,1-3H3,(H,22,28)(H,23,27)/t12-/m0/s1. The van der Waals surface area contributed by atoms with Gasteiger partial charge in [0.15, 0.2) is 4.96 Å². The van der Waals surface area contributed by atoms with Crippen LogP contribution in [0.5, 0.6) is 0 Å². The highest BCUT2D eigenvalue weighted by atomic mass is 32.1. The first-order chi connectivity index (χ1) is 14.4. The molecule has 0 aliphatic rings. The molecule has 0 aliphatic carbocycles. The third-order valence-corrected chi connectivity index (χ3v) is 6.36. The summed E-state index contributed by atoms with van der Waals surface area (Å²) in [4.78, 5) is 35.9. The third-order valence-electron chi connectivity index (χ3n) is 4.58. The second-order valence-corrected chi connectivity index (χ2v) is 9.04. The Balaban J connectivity index is 1.42. The molecule has 4 aromatic rings. The van der Waals surface area contributed by atoms with Crippen LogP contribution in [-0.2, 0) is 0 Å². The second-order valence-electron chi connectivity index (χ2n) is 6.96. The molecule has 1 aromatic carbocycles. The largest absolute Gasteiger partial charge is 0.349 e. The first kappa shape index (κ1) is 20.2. The molecule has 154 valence electrons. The van der Waals surface area contributed by atoms with Crippen LogP contribution in [0.2, 0.25) is 0 Å². The van der Waals surface area contributed by atoms with E-state index in [1.54, 1.807) is 4.40 Å². The zero-order valence-corrected chi connectivity index (χ0v) is 18.4. The van der Waals surface area contributed by atoms with Crippen LogP contribution >= 0.6 is 22.7 Å². The number of carbonyl (C=O) groups excluding carboxylic acids is 2. The number of aromatic nitrogens is 3. The van der Waals surface area contributed by atoms with E-state index in [9.17, 15) is 9.59 Å². The van der Waals surface area contributed by atoms with Gasteiger partial charge < -0.3 is 10.6 Å². The fourth-order valence-corrected chi connectivity index (χ4v) is 4.89. The number of benzene rings is 1. The molecule has 0 saturated carbocycles. The Kier molecular flexibility index (Phi) is 5.65. The highest BCUT2D eigenvalue weighted by Crippen LogP contribution is 2.30. The van der Waals surface area contributed by atoms with Gasteiger partial charge in [0, 0.05) is 24.2 Å². The summed E-state index contributed by atoms with van der Waals surface area (Å²) in [5.41, 5.74) is 2.58. The molecule has 1 atom stereocenters. The summed E-state index contributed by atoms with van der Waals surface area (Å²) in [5.74, 6) is -0.463. The predicted molar refractivity (Wildman–Crippen MR) is 119 cm³/mol. The Morgan fingerprint density at radius 3 is 2.67 bits per heavy atom. The van der Waals surface area contributed by atoms with Crippen LogP contribution in [0.1, 0.15) is 38.6 Å². The first-order valence-corrected chi connectivity index (χ1v) is 11.2. The monoisotopic (exact) mass is 439 g/mol. The summed E-state index contributed by atoms with van der Waals surface area (Å²) < 4.78 is 1.78. The number of nitrogens with one attached hydrogen (secondary N) is 2. The van der Waals surface area contributed by atoms with Gasteiger partial charge in [0.25, 0.3) is 11.8 Å². The van der Waals surface area contributed by atoms with Crippen molar-refractivity contribution in [2.24, 2.45) is 0 Å². The Labute approximate surface area is 181 Å². The van der Waals surface area contributed by atoms with E-state index >= 15 is 0 Å². The summed E-state index contributed by atoms with van der Waals surface area (Å²) in [7, 11) is 0. The van der Waals surface area contributed by atoms with Crippen LogP contribution in [0.3, 0.4) is 0 Å². The number of rotatable bonds is 6. The molecule has 9 heteroatoms. The van der Waals surface area contributed by atoms with E-state index in [-0.39, 0.29) is 17.9 Å². The fourth-order valence-electron chi connectivity index (χ4n) is 3.21. The van der Waals surface area contributed by atoms with Gasteiger partial charge in [-0.3, -0.25) is 14.0 Å². The number of hydrogen-bond acceptors (Lipinski definition) is 6. The van der Waals surface area contributed by atoms with Gasteiger partial charge >= 0.3 is 0 Å². The average molecular weight is 440 g/mol. The molecule has 0 saturated heterocycles. The predicted octanol–water partition coefficient (Wildman–Crippen LogP) is 3.68. The number of thiazole rings is 2. The van der Waals surface area contributed by atoms with Crippen molar-refractivity contribution in [2.75, 3.05) is 6.54 Å². The van der Waals surface area contributed by atoms with E-state index in [0.717, 1.165) is 20.4 Å². The van der Waals surface area contributed by atoms with Gasteiger partial charge in [-0.05, 0) is 26.3 Å². The van der Waals surface area contributed by atoms with Crippen LogP contribution < -0.4 is 10.6 Å². The second kappa shape index (κ2) is 8.37. The Morgan fingerprint density at radius 1 is 1.13 bits per heavy atom. The maximum Gasteiger partial charge on any atom is 0.271 e. The van der Waals surface area contributed by atoms with E-state index in [2.05, 4.69) is 20.6 Å². The van der Waals surface area contributed by atoms with Crippen molar-refractivity contribution in [1.82, 2.24) is 25.0 Å². The molecular formula is C21H21N5O2S2. The zero-order valence-electron chi connectivity index (χ0n) is 16.8. The topological polar surface area (TPSA) is 88.4 Å². The number of fused-ring (bicyclic) bond motifs is 1. The Morgan fingerprint density at radius 2 is 1.90 bits per heavy atom. The SMILES string of the molecule is Cc1nc(C(=O)N[C@@H](C)CNC(=O)c2c(C)nc3sccn23)c(-c2ccccc2)s1. The normalized spacial score (nSPS) is 12.1. The van der Waals surface area contributed by atoms with Crippen LogP contribution in [0.4, 0.5) is 0 Å². The van der Waals surface area contributed by atoms with Crippen molar-refractivity contribution in [3.8, 4) is 10.4 Å². The van der Waals surface area contributed by atoms with Gasteiger partial charge in [-0.2, -0.15) is 0 Å². The number of imidazole rings is 1. The summed E-state index contributed by atoms with van der Waals surface area (Å²) in [6.45, 7) is 5.85. The lowest BCUT2D eigenvalue weighted by molar-refractivity contribution is 0.0907. The number of nitrogens with zero attached hydrogens (tertiary/aromatic N) is 3. The van der Waals surface area contributed by atoms with Gasteiger partial charge in [-0.25, -0.2) is 9.97 Å². The van der Waals surface area contributed by atoms with E-state index < -0.39 is 0 Å². The number of aryl methyl sites for hydroxylation is 2. The van der Waals surface area contributed by atoms with Crippen molar-refractivity contribution in [2.45, 2.75) is 26.8 Å². The van der Waals surface area contributed by atoms with Crippen molar-refractivity contribution in [3.63, 3.8) is 0 Å². The zero-order chi connectivity index (χ0) is 21.3. The third kappa shape index (κ3) is 3.99. The van der Waals surface area contributed by atoms with E-state index in [1.807, 2.05) is 62.7 Å². The van der Waals surface area contributed by atoms with Gasteiger partial charge in [-0.1, -0.05) is 30.3 Å². The van der Waals surface area contributed by atoms with Gasteiger partial charge in [-0.15, -0.1) is 22.7 Å². The molecule has 0 unspecified atom stereocenters. The average Bonchev–Trinajstić information content (AvgIpc) is 3.41. The molecule has 2 N–H and O–H groups in total. The maximum atomic E-state index is 12.8. The first-order valence-electron chi connectivity index (χ1n) is 9.48. The maximum absolute atomic E-state index is 12.8. The van der Waals surface area contributed by atoms with Crippen LogP contribution in [-0.4, -0.2) is 38.8 Å². The van der Waals surface area contributed by atoms with E-state index in [4.69, 9.17) is 0 Å². The highest BCUT2D eigenvalue weighted by molar-refractivity contribution is 7.15. The Bertz CT molecular complexity index is 1210. The molecule has 30 heavy (non-hydrogen) atoms. The molecule has 7 nitrogen and oxygen atoms in total. The van der Waals surface area contributed by atoms with Gasteiger partial charge in [0.2, 0.25) is 0 Å². The minimum atomic E-state index is -0.265. The lowest BCUT2D eigenvalue weighted by Gasteiger charge is -2.14. The van der Waals surface area contributed by atoms with E-state index in [1.165, 1.54) is 22.7 Å². The molecule has 0 spiro atoms. The van der Waals surface area contributed by atoms with Crippen LogP contribution in [0.15, 0.2) is 41.9 Å². The molecular weight excluding hydrogens is 418 g/mol. The van der Waals surface area contributed by atoms with Crippen molar-refractivity contribution in [3.05, 3.63) is 64.0 Å². The lowest BCUT2D eigenvalue weighted by atomic mass is 10.1. The molecule has 0 aliphatic heterocycles. The fraction of sp³-hybridized carbons (Fsp3) is 0.238. The summed E-state index contributed by atoms with van der Waals surface area (Å²) in [6.07, 6.45) is 1.83. The highest BCUT2D eigenvalue weighted by Gasteiger charge is 2.21.